The fourth-order valence-corrected chi connectivity index (χ4v) is 3.14. The summed E-state index contributed by atoms with van der Waals surface area (Å²) in [5.74, 6) is 5.00. The Balaban J connectivity index is 1.94. The molecule has 96 valence electrons. The summed E-state index contributed by atoms with van der Waals surface area (Å²) in [5, 5.41) is 0. The maximum atomic E-state index is 2.44. The van der Waals surface area contributed by atoms with Crippen LogP contribution in [0.15, 0.2) is 0 Å². The molecule has 4 unspecified atom stereocenters. The highest BCUT2D eigenvalue weighted by Gasteiger charge is 2.41. The van der Waals surface area contributed by atoms with Crippen LogP contribution in [0, 0.1) is 29.6 Å². The summed E-state index contributed by atoms with van der Waals surface area (Å²) in [6, 6.07) is 0. The topological polar surface area (TPSA) is 0 Å². The molecule has 0 bridgehead atoms. The van der Waals surface area contributed by atoms with E-state index in [0.717, 1.165) is 29.6 Å². The summed E-state index contributed by atoms with van der Waals surface area (Å²) in [7, 11) is 0. The molecule has 1 aliphatic rings. The Kier molecular flexibility index (Phi) is 5.86. The first kappa shape index (κ1) is 14.1. The minimum Gasteiger partial charge on any atom is -0.0651 e. The van der Waals surface area contributed by atoms with E-state index in [9.17, 15) is 0 Å². The van der Waals surface area contributed by atoms with E-state index >= 15 is 0 Å². The second kappa shape index (κ2) is 6.67. The molecule has 1 rings (SSSR count). The highest BCUT2D eigenvalue weighted by molar-refractivity contribution is 4.90. The van der Waals surface area contributed by atoms with Crippen LogP contribution in [0.25, 0.3) is 0 Å². The predicted molar refractivity (Wildman–Crippen MR) is 73.5 cm³/mol. The van der Waals surface area contributed by atoms with Crippen LogP contribution in [0.5, 0.6) is 0 Å². The Labute approximate surface area is 103 Å². The van der Waals surface area contributed by atoms with Crippen LogP contribution in [-0.2, 0) is 0 Å². The SMILES string of the molecule is CCC(C)CC(C)CCCCC1C(C)C1C. The van der Waals surface area contributed by atoms with Gasteiger partial charge in [0.2, 0.25) is 0 Å². The lowest BCUT2D eigenvalue weighted by atomic mass is 9.91. The van der Waals surface area contributed by atoms with Crippen LogP contribution in [-0.4, -0.2) is 0 Å². The summed E-state index contributed by atoms with van der Waals surface area (Å²) in [4.78, 5) is 0. The van der Waals surface area contributed by atoms with Crippen molar-refractivity contribution in [2.45, 2.75) is 73.1 Å². The normalized spacial score (nSPS) is 32.4. The van der Waals surface area contributed by atoms with Gasteiger partial charge in [-0.05, 0) is 42.4 Å². The molecule has 0 nitrogen and oxygen atoms in total. The van der Waals surface area contributed by atoms with Gasteiger partial charge in [0.05, 0.1) is 0 Å². The standard InChI is InChI=1S/C16H32/c1-6-12(2)11-13(3)9-7-8-10-16-14(4)15(16)5/h12-16H,6-11H2,1-5H3. The van der Waals surface area contributed by atoms with Gasteiger partial charge in [-0.1, -0.05) is 60.3 Å². The molecular formula is C16H32. The Morgan fingerprint density at radius 2 is 1.56 bits per heavy atom. The predicted octanol–water partition coefficient (Wildman–Crippen LogP) is 5.52. The van der Waals surface area contributed by atoms with Gasteiger partial charge in [-0.2, -0.15) is 0 Å². The molecular weight excluding hydrogens is 192 g/mol. The van der Waals surface area contributed by atoms with Gasteiger partial charge in [-0.15, -0.1) is 0 Å². The lowest BCUT2D eigenvalue weighted by Gasteiger charge is -2.15. The molecule has 0 saturated heterocycles. The molecule has 1 aliphatic carbocycles. The van der Waals surface area contributed by atoms with E-state index in [1.807, 2.05) is 0 Å². The number of unbranched alkanes of at least 4 members (excludes halogenated alkanes) is 1. The van der Waals surface area contributed by atoms with Gasteiger partial charge >= 0.3 is 0 Å². The van der Waals surface area contributed by atoms with E-state index in [1.54, 1.807) is 0 Å². The maximum Gasteiger partial charge on any atom is -0.0357 e. The third-order valence-corrected chi connectivity index (χ3v) is 5.03. The van der Waals surface area contributed by atoms with Gasteiger partial charge in [0, 0.05) is 0 Å². The zero-order chi connectivity index (χ0) is 12.1. The Morgan fingerprint density at radius 3 is 2.06 bits per heavy atom. The minimum atomic E-state index is 0.929. The van der Waals surface area contributed by atoms with Crippen molar-refractivity contribution in [1.82, 2.24) is 0 Å². The molecule has 0 aromatic heterocycles. The summed E-state index contributed by atoms with van der Waals surface area (Å²) in [5.41, 5.74) is 0. The third-order valence-electron chi connectivity index (χ3n) is 5.03. The van der Waals surface area contributed by atoms with Crippen molar-refractivity contribution >= 4 is 0 Å². The van der Waals surface area contributed by atoms with E-state index in [-0.39, 0.29) is 0 Å². The molecule has 4 atom stereocenters. The van der Waals surface area contributed by atoms with Crippen molar-refractivity contribution in [3.8, 4) is 0 Å². The number of hydrogen-bond acceptors (Lipinski definition) is 0. The van der Waals surface area contributed by atoms with Crippen LogP contribution in [0.4, 0.5) is 0 Å². The molecule has 0 aromatic carbocycles. The molecule has 0 heterocycles. The first-order chi connectivity index (χ1) is 7.56. The molecule has 0 radical (unpaired) electrons. The van der Waals surface area contributed by atoms with Crippen LogP contribution >= 0.6 is 0 Å². The quantitative estimate of drug-likeness (QED) is 0.476. The maximum absolute atomic E-state index is 2.44. The van der Waals surface area contributed by atoms with Crippen LogP contribution < -0.4 is 0 Å². The van der Waals surface area contributed by atoms with Gasteiger partial charge in [0.15, 0.2) is 0 Å². The summed E-state index contributed by atoms with van der Waals surface area (Å²) >= 11 is 0. The van der Waals surface area contributed by atoms with Crippen LogP contribution in [0.1, 0.15) is 73.1 Å². The summed E-state index contributed by atoms with van der Waals surface area (Å²) in [6.07, 6.45) is 8.68. The monoisotopic (exact) mass is 224 g/mol. The fraction of sp³-hybridized carbons (Fsp3) is 1.00. The summed E-state index contributed by atoms with van der Waals surface area (Å²) < 4.78 is 0. The van der Waals surface area contributed by atoms with E-state index < -0.39 is 0 Å². The van der Waals surface area contributed by atoms with E-state index in [0.29, 0.717) is 0 Å². The van der Waals surface area contributed by atoms with Gasteiger partial charge in [0.25, 0.3) is 0 Å². The van der Waals surface area contributed by atoms with Crippen molar-refractivity contribution < 1.29 is 0 Å². The lowest BCUT2D eigenvalue weighted by Crippen LogP contribution is -2.02. The zero-order valence-electron chi connectivity index (χ0n) is 12.1. The van der Waals surface area contributed by atoms with Crippen molar-refractivity contribution in [2.24, 2.45) is 29.6 Å². The molecule has 1 saturated carbocycles. The highest BCUT2D eigenvalue weighted by atomic mass is 14.5. The van der Waals surface area contributed by atoms with Crippen LogP contribution in [0.2, 0.25) is 0 Å². The lowest BCUT2D eigenvalue weighted by molar-refractivity contribution is 0.372. The van der Waals surface area contributed by atoms with Gasteiger partial charge in [-0.3, -0.25) is 0 Å². The molecule has 0 heteroatoms. The molecule has 16 heavy (non-hydrogen) atoms. The fourth-order valence-electron chi connectivity index (χ4n) is 3.14. The molecule has 0 N–H and O–H groups in total. The van der Waals surface area contributed by atoms with Crippen LogP contribution in [0.3, 0.4) is 0 Å². The zero-order valence-corrected chi connectivity index (χ0v) is 12.1. The second-order valence-corrected chi connectivity index (χ2v) is 6.52. The van der Waals surface area contributed by atoms with E-state index in [1.165, 1.54) is 38.5 Å². The molecule has 0 amide bonds. The summed E-state index contributed by atoms with van der Waals surface area (Å²) in [6.45, 7) is 12.0. The van der Waals surface area contributed by atoms with Gasteiger partial charge < -0.3 is 0 Å². The Bertz CT molecular complexity index is 176. The van der Waals surface area contributed by atoms with Crippen molar-refractivity contribution in [1.29, 1.82) is 0 Å². The highest BCUT2D eigenvalue weighted by Crippen LogP contribution is 2.48. The molecule has 0 spiro atoms. The Hall–Kier alpha value is 0. The Morgan fingerprint density at radius 1 is 0.938 bits per heavy atom. The van der Waals surface area contributed by atoms with Crippen molar-refractivity contribution in [2.75, 3.05) is 0 Å². The average molecular weight is 224 g/mol. The molecule has 0 aliphatic heterocycles. The van der Waals surface area contributed by atoms with Gasteiger partial charge in [0.1, 0.15) is 0 Å². The average Bonchev–Trinajstić information content (AvgIpc) is 2.81. The number of rotatable bonds is 8. The molecule has 0 aromatic rings. The van der Waals surface area contributed by atoms with Gasteiger partial charge in [-0.25, -0.2) is 0 Å². The second-order valence-electron chi connectivity index (χ2n) is 6.52. The first-order valence-electron chi connectivity index (χ1n) is 7.56. The smallest absolute Gasteiger partial charge is 0.0357 e. The largest absolute Gasteiger partial charge is 0.0651 e. The van der Waals surface area contributed by atoms with Crippen molar-refractivity contribution in [3.63, 3.8) is 0 Å². The minimum absolute atomic E-state index is 0.929. The number of hydrogen-bond donors (Lipinski definition) is 0. The van der Waals surface area contributed by atoms with Crippen molar-refractivity contribution in [3.05, 3.63) is 0 Å². The van der Waals surface area contributed by atoms with E-state index in [4.69, 9.17) is 0 Å². The third kappa shape index (κ3) is 4.47. The first-order valence-corrected chi connectivity index (χ1v) is 7.56. The van der Waals surface area contributed by atoms with E-state index in [2.05, 4.69) is 34.6 Å². The molecule has 1 fully saturated rings.